The van der Waals surface area contributed by atoms with Crippen molar-refractivity contribution in [2.24, 2.45) is 8.73 Å². The molecule has 12 N–H and O–H groups in total. The van der Waals surface area contributed by atoms with Crippen LogP contribution in [0.1, 0.15) is 77.0 Å². The average Bonchev–Trinajstić information content (AvgIpc) is 4.22. The number of anilines is 2. The fourth-order valence-electron chi connectivity index (χ4n) is 8.23. The molecule has 1 aliphatic heterocycles. The molecule has 4 atom stereocenters. The average molecular weight is 1150 g/mol. The third-order valence-corrected chi connectivity index (χ3v) is 13.7. The molecule has 0 saturated heterocycles. The van der Waals surface area contributed by atoms with Crippen LogP contribution in [0.25, 0.3) is 33.3 Å². The summed E-state index contributed by atoms with van der Waals surface area (Å²) < 4.78 is 18.8. The Morgan fingerprint density at radius 2 is 0.812 bits per heavy atom. The van der Waals surface area contributed by atoms with E-state index in [4.69, 9.17) is 10.2 Å². The standard InChI is InChI=1S/C50H62N12O16S2/c1-61(25-21-35(63)51-23-5-3-7-31(45(69)70)53-49(77)55-33(47(73)74)17-19-37(65)66)29-13-9-27(10-14-29)39-41-43(59-79-57-41)40(44-42(39)58-80-60-44)28-11-15-30(16-12-28)62(2)26-22-36(64)52-24-6-4-8-32(46(71)72)54-50(78)56-34(48(75)76)18-20-38(67)68/h9-16,31-34H,3-8,17-26H2,1-2H3,(H,51,63)(H,52,64)(H,65,66)(H,67,68)(H,69,70)(H,71,72)(H,73,74)(H,75,76)(H2,53,55,77)(H2,54,56,78)/t31-,32-,33-,34-/m0/s1. The molecular formula is C50H62N12O16S2. The van der Waals surface area contributed by atoms with Gasteiger partial charge < -0.3 is 72.3 Å². The predicted molar refractivity (Wildman–Crippen MR) is 292 cm³/mol. The van der Waals surface area contributed by atoms with Gasteiger partial charge >= 0.3 is 47.9 Å². The summed E-state index contributed by atoms with van der Waals surface area (Å²) in [5.41, 5.74) is 7.48. The number of carboxylic acid groups (broad SMARTS) is 6. The smallest absolute Gasteiger partial charge is 0.326 e. The summed E-state index contributed by atoms with van der Waals surface area (Å²) in [5.74, 6) is -8.55. The van der Waals surface area contributed by atoms with E-state index in [2.05, 4.69) is 49.4 Å². The lowest BCUT2D eigenvalue weighted by Gasteiger charge is -2.20. The minimum absolute atomic E-state index is 0.00292. The Bertz CT molecular complexity index is 2800. The first-order valence-corrected chi connectivity index (χ1v) is 26.6. The Morgan fingerprint density at radius 3 is 1.14 bits per heavy atom. The molecule has 28 nitrogen and oxygen atoms in total. The van der Waals surface area contributed by atoms with Gasteiger partial charge in [0.1, 0.15) is 46.6 Å². The highest BCUT2D eigenvalue weighted by atomic mass is 32.1. The number of urea groups is 2. The quantitative estimate of drug-likeness (QED) is 0.0258. The van der Waals surface area contributed by atoms with Crippen molar-refractivity contribution in [1.82, 2.24) is 40.6 Å². The lowest BCUT2D eigenvalue weighted by molar-refractivity contribution is -0.142. The lowest BCUT2D eigenvalue weighted by atomic mass is 9.93. The molecule has 0 aliphatic carbocycles. The maximum atomic E-state index is 12.7. The number of nitrogens with one attached hydrogen (secondary N) is 6. The van der Waals surface area contributed by atoms with Gasteiger partial charge in [-0.1, -0.05) is 24.3 Å². The number of carbonyl (C=O) groups is 10. The fourth-order valence-corrected chi connectivity index (χ4v) is 9.35. The Balaban J connectivity index is 1.07. The molecule has 0 fully saturated rings. The first-order chi connectivity index (χ1) is 38.1. The van der Waals surface area contributed by atoms with E-state index in [1.165, 1.54) is 0 Å². The Kier molecular flexibility index (Phi) is 23.6. The number of unbranched alkanes of at least 4 members (excludes halogenated alkanes) is 2. The molecule has 2 heterocycles. The molecule has 5 rings (SSSR count). The van der Waals surface area contributed by atoms with Crippen LogP contribution in [-0.4, -0.2) is 164 Å². The number of hydrogen-bond acceptors (Lipinski definition) is 17. The first kappa shape index (κ1) is 62.0. The molecule has 1 aliphatic rings. The SMILES string of the molecule is CN(CCC(=O)NCCCC[C@H](NC(=O)N[C@@H](CCC(=O)O)C(=O)O)C(=O)O)c1ccc(-c2c3c(c(-c4ccc(N(C)CCC(=O)NCCCC[C@H](NC(=O)N[C@@H](CCC(=O)O)C(=O)O)C(=O)O)cc4)c4nsnc24)N=S=N3)cc1. The summed E-state index contributed by atoms with van der Waals surface area (Å²) in [4.78, 5) is 122. The second kappa shape index (κ2) is 30.4. The van der Waals surface area contributed by atoms with E-state index in [0.717, 1.165) is 56.7 Å². The second-order valence-electron chi connectivity index (χ2n) is 18.5. The summed E-state index contributed by atoms with van der Waals surface area (Å²) in [5, 5.41) is 69.4. The van der Waals surface area contributed by atoms with Gasteiger partial charge in [-0.2, -0.15) is 17.5 Å². The number of rotatable bonds is 34. The number of carboxylic acids is 6. The number of nitrogens with zero attached hydrogens (tertiary/aromatic N) is 6. The van der Waals surface area contributed by atoms with Gasteiger partial charge in [0, 0.05) is 88.5 Å². The van der Waals surface area contributed by atoms with E-state index in [1.54, 1.807) is 0 Å². The van der Waals surface area contributed by atoms with Gasteiger partial charge in [-0.25, -0.2) is 28.8 Å². The minimum Gasteiger partial charge on any atom is -0.481 e. The van der Waals surface area contributed by atoms with E-state index < -0.39 is 84.9 Å². The number of hydrogen-bond donors (Lipinski definition) is 12. The second-order valence-corrected chi connectivity index (χ2v) is 19.5. The zero-order chi connectivity index (χ0) is 58.5. The zero-order valence-corrected chi connectivity index (χ0v) is 45.1. The first-order valence-electron chi connectivity index (χ1n) is 25.2. The minimum atomic E-state index is -1.52. The largest absolute Gasteiger partial charge is 0.481 e. The number of aliphatic carboxylic acids is 6. The van der Waals surface area contributed by atoms with Gasteiger partial charge in [0.15, 0.2) is 0 Å². The predicted octanol–water partition coefficient (Wildman–Crippen LogP) is 4.12. The molecular weight excluding hydrogens is 1090 g/mol. The Hall–Kier alpha value is -8.80. The zero-order valence-electron chi connectivity index (χ0n) is 43.5. The molecule has 30 heteroatoms. The van der Waals surface area contributed by atoms with Gasteiger partial charge in [-0.05, 0) is 86.8 Å². The maximum Gasteiger partial charge on any atom is 0.326 e. The number of benzene rings is 3. The maximum absolute atomic E-state index is 12.7. The topological polar surface area (TPSA) is 421 Å². The molecule has 6 amide bonds. The Morgan fingerprint density at radius 1 is 0.475 bits per heavy atom. The van der Waals surface area contributed by atoms with Gasteiger partial charge in [0.2, 0.25) is 11.8 Å². The van der Waals surface area contributed by atoms with Crippen molar-refractivity contribution in [2.75, 3.05) is 50.1 Å². The summed E-state index contributed by atoms with van der Waals surface area (Å²) in [7, 11) is 3.70. The number of carbonyl (C=O) groups excluding carboxylic acids is 4. The van der Waals surface area contributed by atoms with Crippen LogP contribution >= 0.6 is 11.7 Å². The van der Waals surface area contributed by atoms with Crippen LogP contribution in [0, 0.1) is 0 Å². The fraction of sp³-hybridized carbons (Fsp3) is 0.440. The van der Waals surface area contributed by atoms with Crippen molar-refractivity contribution in [3.8, 4) is 22.3 Å². The molecule has 3 aromatic carbocycles. The van der Waals surface area contributed by atoms with Gasteiger partial charge in [0.05, 0.1) is 23.1 Å². The van der Waals surface area contributed by atoms with Crippen molar-refractivity contribution in [2.45, 2.75) is 101 Å². The third-order valence-electron chi connectivity index (χ3n) is 12.7. The molecule has 0 unspecified atom stereocenters. The van der Waals surface area contributed by atoms with E-state index in [9.17, 15) is 68.4 Å². The molecule has 0 spiro atoms. The van der Waals surface area contributed by atoms with Crippen LogP contribution < -0.4 is 41.7 Å². The number of amides is 6. The highest BCUT2D eigenvalue weighted by molar-refractivity contribution is 7.58. The van der Waals surface area contributed by atoms with Crippen LogP contribution in [0.15, 0.2) is 57.3 Å². The van der Waals surface area contributed by atoms with Crippen LogP contribution in [-0.2, 0) is 49.7 Å². The summed E-state index contributed by atoms with van der Waals surface area (Å²) >= 11 is 2.13. The van der Waals surface area contributed by atoms with Crippen LogP contribution in [0.2, 0.25) is 0 Å². The van der Waals surface area contributed by atoms with E-state index in [0.29, 0.717) is 61.2 Å². The van der Waals surface area contributed by atoms with E-state index in [1.807, 2.05) is 72.4 Å². The molecule has 0 radical (unpaired) electrons. The van der Waals surface area contributed by atoms with Crippen LogP contribution in [0.4, 0.5) is 32.3 Å². The normalized spacial score (nSPS) is 12.8. The highest BCUT2D eigenvalue weighted by Crippen LogP contribution is 2.52. The van der Waals surface area contributed by atoms with Gasteiger partial charge in [-0.15, -0.1) is 0 Å². The van der Waals surface area contributed by atoms with Gasteiger partial charge in [-0.3, -0.25) is 19.2 Å². The molecule has 0 bridgehead atoms. The monoisotopic (exact) mass is 1150 g/mol. The molecule has 80 heavy (non-hydrogen) atoms. The highest BCUT2D eigenvalue weighted by Gasteiger charge is 2.29. The lowest BCUT2D eigenvalue weighted by Crippen LogP contribution is -2.51. The molecule has 0 saturated carbocycles. The van der Waals surface area contributed by atoms with Crippen molar-refractivity contribution in [3.05, 3.63) is 48.5 Å². The van der Waals surface area contributed by atoms with E-state index >= 15 is 0 Å². The summed E-state index contributed by atoms with van der Waals surface area (Å²) in [6, 6.07) is 7.61. The Labute approximate surface area is 464 Å². The van der Waals surface area contributed by atoms with Gasteiger partial charge in [0.25, 0.3) is 0 Å². The van der Waals surface area contributed by atoms with Crippen molar-refractivity contribution >= 4 is 117 Å². The molecule has 1 aromatic heterocycles. The summed E-state index contributed by atoms with van der Waals surface area (Å²) in [6.45, 7) is 1.26. The van der Waals surface area contributed by atoms with Crippen molar-refractivity contribution in [3.63, 3.8) is 0 Å². The van der Waals surface area contributed by atoms with E-state index in [-0.39, 0.29) is 63.4 Å². The number of aromatic nitrogens is 2. The number of fused-ring (bicyclic) bond motifs is 2. The van der Waals surface area contributed by atoms with Crippen molar-refractivity contribution in [1.29, 1.82) is 0 Å². The third kappa shape index (κ3) is 18.7. The summed E-state index contributed by atoms with van der Waals surface area (Å²) in [6.07, 6.45) is -0.0491. The van der Waals surface area contributed by atoms with Crippen molar-refractivity contribution < 1.29 is 78.6 Å². The van der Waals surface area contributed by atoms with Crippen LogP contribution in [0.3, 0.4) is 0 Å². The molecule has 4 aromatic rings. The van der Waals surface area contributed by atoms with Crippen LogP contribution in [0.5, 0.6) is 0 Å². The molecule has 430 valence electrons.